The minimum atomic E-state index is -0.476. The van der Waals surface area contributed by atoms with E-state index in [0.29, 0.717) is 29.0 Å². The molecule has 3 rings (SSSR count). The van der Waals surface area contributed by atoms with Crippen molar-refractivity contribution in [2.75, 3.05) is 13.1 Å². The van der Waals surface area contributed by atoms with Gasteiger partial charge in [0.2, 0.25) is 5.91 Å². The van der Waals surface area contributed by atoms with E-state index < -0.39 is 5.69 Å². The van der Waals surface area contributed by atoms with Crippen molar-refractivity contribution in [3.63, 3.8) is 0 Å². The standard InChI is InChI=1S/C22H27N3O3S/c1-5-11-23(12-6-2)19(26)14-24-18-10-13-29-20(18)21(27)25(22(24)28)17-9-7-8-15(3)16(17)4/h7-10,13H,5-6,11-12,14H2,1-4H3. The zero-order chi connectivity index (χ0) is 21.1. The van der Waals surface area contributed by atoms with Crippen LogP contribution in [0, 0.1) is 13.8 Å². The number of benzene rings is 1. The Kier molecular flexibility index (Phi) is 6.37. The highest BCUT2D eigenvalue weighted by atomic mass is 32.1. The van der Waals surface area contributed by atoms with Crippen molar-refractivity contribution in [1.82, 2.24) is 14.0 Å². The molecule has 1 aromatic carbocycles. The lowest BCUT2D eigenvalue weighted by molar-refractivity contribution is -0.131. The van der Waals surface area contributed by atoms with Crippen molar-refractivity contribution in [2.24, 2.45) is 0 Å². The van der Waals surface area contributed by atoms with Crippen LogP contribution in [-0.2, 0) is 11.3 Å². The minimum absolute atomic E-state index is 0.0722. The first kappa shape index (κ1) is 21.0. The van der Waals surface area contributed by atoms with E-state index in [1.165, 1.54) is 20.5 Å². The molecule has 29 heavy (non-hydrogen) atoms. The molecule has 6 nitrogen and oxygen atoms in total. The van der Waals surface area contributed by atoms with Crippen LogP contribution < -0.4 is 11.2 Å². The summed E-state index contributed by atoms with van der Waals surface area (Å²) >= 11 is 1.29. The summed E-state index contributed by atoms with van der Waals surface area (Å²) in [5.41, 5.74) is 2.15. The smallest absolute Gasteiger partial charge is 0.336 e. The summed E-state index contributed by atoms with van der Waals surface area (Å²) in [6.45, 7) is 9.14. The molecular weight excluding hydrogens is 386 g/mol. The quantitative estimate of drug-likeness (QED) is 0.596. The largest absolute Gasteiger partial charge is 0.341 e. The predicted octanol–water partition coefficient (Wildman–Crippen LogP) is 3.48. The molecule has 1 amide bonds. The van der Waals surface area contributed by atoms with Gasteiger partial charge >= 0.3 is 5.69 Å². The topological polar surface area (TPSA) is 64.3 Å². The number of aryl methyl sites for hydroxylation is 1. The van der Waals surface area contributed by atoms with E-state index in [1.54, 1.807) is 22.4 Å². The van der Waals surface area contributed by atoms with Crippen molar-refractivity contribution in [3.05, 3.63) is 61.6 Å². The van der Waals surface area contributed by atoms with Gasteiger partial charge in [0.05, 0.1) is 11.2 Å². The maximum atomic E-state index is 13.4. The molecule has 0 radical (unpaired) electrons. The Morgan fingerprint density at radius 1 is 1.07 bits per heavy atom. The van der Waals surface area contributed by atoms with Crippen molar-refractivity contribution < 1.29 is 4.79 Å². The molecule has 0 saturated heterocycles. The van der Waals surface area contributed by atoms with Gasteiger partial charge in [-0.2, -0.15) is 0 Å². The number of nitrogens with zero attached hydrogens (tertiary/aromatic N) is 3. The molecule has 0 spiro atoms. The monoisotopic (exact) mass is 413 g/mol. The van der Waals surface area contributed by atoms with E-state index in [1.807, 2.05) is 39.8 Å². The Hall–Kier alpha value is -2.67. The molecular formula is C22H27N3O3S. The van der Waals surface area contributed by atoms with E-state index in [0.717, 1.165) is 24.0 Å². The van der Waals surface area contributed by atoms with Crippen LogP contribution in [0.1, 0.15) is 37.8 Å². The molecule has 2 aromatic heterocycles. The molecule has 0 N–H and O–H groups in total. The molecule has 0 aliphatic rings. The van der Waals surface area contributed by atoms with E-state index in [-0.39, 0.29) is 18.0 Å². The number of hydrogen-bond donors (Lipinski definition) is 0. The SMILES string of the molecule is CCCN(CCC)C(=O)Cn1c(=O)n(-c2cccc(C)c2C)c(=O)c2sccc21. The fraction of sp³-hybridized carbons (Fsp3) is 0.409. The summed E-state index contributed by atoms with van der Waals surface area (Å²) in [4.78, 5) is 41.3. The average Bonchev–Trinajstić information content (AvgIpc) is 3.18. The predicted molar refractivity (Wildman–Crippen MR) is 118 cm³/mol. The van der Waals surface area contributed by atoms with Gasteiger partial charge in [0.25, 0.3) is 5.56 Å². The van der Waals surface area contributed by atoms with Crippen LogP contribution in [0.5, 0.6) is 0 Å². The third-order valence-corrected chi connectivity index (χ3v) is 6.10. The van der Waals surface area contributed by atoms with Crippen LogP contribution in [0.2, 0.25) is 0 Å². The third-order valence-electron chi connectivity index (χ3n) is 5.20. The zero-order valence-corrected chi connectivity index (χ0v) is 18.2. The first-order valence-electron chi connectivity index (χ1n) is 9.98. The summed E-state index contributed by atoms with van der Waals surface area (Å²) in [7, 11) is 0. The Morgan fingerprint density at radius 3 is 2.41 bits per heavy atom. The molecule has 0 unspecified atom stereocenters. The van der Waals surface area contributed by atoms with Crippen LogP contribution in [0.3, 0.4) is 0 Å². The van der Waals surface area contributed by atoms with Crippen LogP contribution in [0.4, 0.5) is 0 Å². The average molecular weight is 414 g/mol. The number of fused-ring (bicyclic) bond motifs is 1. The normalized spacial score (nSPS) is 11.2. The fourth-order valence-electron chi connectivity index (χ4n) is 3.57. The summed E-state index contributed by atoms with van der Waals surface area (Å²) in [6.07, 6.45) is 1.72. The second-order valence-corrected chi connectivity index (χ2v) is 8.16. The Bertz CT molecular complexity index is 1150. The van der Waals surface area contributed by atoms with E-state index in [2.05, 4.69) is 0 Å². The van der Waals surface area contributed by atoms with Crippen molar-refractivity contribution >= 4 is 27.5 Å². The van der Waals surface area contributed by atoms with Gasteiger partial charge in [0.1, 0.15) is 11.2 Å². The molecule has 0 fully saturated rings. The highest BCUT2D eigenvalue weighted by Gasteiger charge is 2.20. The highest BCUT2D eigenvalue weighted by molar-refractivity contribution is 7.17. The molecule has 154 valence electrons. The lowest BCUT2D eigenvalue weighted by Gasteiger charge is -2.22. The molecule has 7 heteroatoms. The van der Waals surface area contributed by atoms with Gasteiger partial charge in [-0.1, -0.05) is 26.0 Å². The van der Waals surface area contributed by atoms with Crippen molar-refractivity contribution in [2.45, 2.75) is 47.1 Å². The number of carbonyl (C=O) groups excluding carboxylic acids is 1. The number of thiophene rings is 1. The number of hydrogen-bond acceptors (Lipinski definition) is 4. The number of rotatable bonds is 7. The van der Waals surface area contributed by atoms with Gasteiger partial charge in [-0.15, -0.1) is 11.3 Å². The lowest BCUT2D eigenvalue weighted by Crippen LogP contribution is -2.43. The first-order chi connectivity index (χ1) is 13.9. The van der Waals surface area contributed by atoms with Gasteiger partial charge in [0.15, 0.2) is 0 Å². The molecule has 2 heterocycles. The Labute approximate surface area is 174 Å². The maximum Gasteiger partial charge on any atom is 0.336 e. The fourth-order valence-corrected chi connectivity index (χ4v) is 4.39. The molecule has 0 bridgehead atoms. The molecule has 0 aliphatic carbocycles. The van der Waals surface area contributed by atoms with Gasteiger partial charge in [-0.3, -0.25) is 14.2 Å². The van der Waals surface area contributed by atoms with Crippen molar-refractivity contribution in [3.8, 4) is 5.69 Å². The van der Waals surface area contributed by atoms with E-state index >= 15 is 0 Å². The summed E-state index contributed by atoms with van der Waals surface area (Å²) in [6, 6.07) is 7.30. The Balaban J connectivity index is 2.20. The molecule has 0 saturated carbocycles. The number of aromatic nitrogens is 2. The van der Waals surface area contributed by atoms with Crippen LogP contribution in [-0.4, -0.2) is 33.0 Å². The first-order valence-corrected chi connectivity index (χ1v) is 10.9. The second-order valence-electron chi connectivity index (χ2n) is 7.24. The number of amides is 1. The maximum absolute atomic E-state index is 13.4. The zero-order valence-electron chi connectivity index (χ0n) is 17.4. The Morgan fingerprint density at radius 2 is 1.76 bits per heavy atom. The van der Waals surface area contributed by atoms with Gasteiger partial charge in [-0.25, -0.2) is 9.36 Å². The van der Waals surface area contributed by atoms with E-state index in [4.69, 9.17) is 0 Å². The number of carbonyl (C=O) groups is 1. The van der Waals surface area contributed by atoms with Gasteiger partial charge in [0, 0.05) is 13.1 Å². The molecule has 0 atom stereocenters. The second kappa shape index (κ2) is 8.78. The van der Waals surface area contributed by atoms with Crippen LogP contribution in [0.25, 0.3) is 15.9 Å². The van der Waals surface area contributed by atoms with E-state index in [9.17, 15) is 14.4 Å². The summed E-state index contributed by atoms with van der Waals surface area (Å²) < 4.78 is 3.13. The third kappa shape index (κ3) is 3.92. The van der Waals surface area contributed by atoms with Gasteiger partial charge in [-0.05, 0) is 55.3 Å². The van der Waals surface area contributed by atoms with Crippen molar-refractivity contribution in [1.29, 1.82) is 0 Å². The lowest BCUT2D eigenvalue weighted by atomic mass is 10.1. The summed E-state index contributed by atoms with van der Waals surface area (Å²) in [5, 5.41) is 1.79. The van der Waals surface area contributed by atoms with Crippen LogP contribution in [0.15, 0.2) is 39.2 Å². The molecule has 3 aromatic rings. The summed E-state index contributed by atoms with van der Waals surface area (Å²) in [5.74, 6) is -0.102. The minimum Gasteiger partial charge on any atom is -0.341 e. The van der Waals surface area contributed by atoms with Gasteiger partial charge < -0.3 is 4.90 Å². The molecule has 0 aliphatic heterocycles. The highest BCUT2D eigenvalue weighted by Crippen LogP contribution is 2.19. The van der Waals surface area contributed by atoms with Crippen LogP contribution >= 0.6 is 11.3 Å².